The van der Waals surface area contributed by atoms with Gasteiger partial charge in [0.15, 0.2) is 0 Å². The highest BCUT2D eigenvalue weighted by Gasteiger charge is 2.35. The maximum Gasteiger partial charge on any atom is 0.0133 e. The third-order valence-electron chi connectivity index (χ3n) is 4.02. The Hall–Kier alpha value is -0.0800. The minimum Gasteiger partial charge on any atom is -0.316 e. The molecule has 0 aromatic heterocycles. The van der Waals surface area contributed by atoms with Crippen LogP contribution in [0.1, 0.15) is 39.0 Å². The molecule has 15 heavy (non-hydrogen) atoms. The van der Waals surface area contributed by atoms with E-state index < -0.39 is 0 Å². The molecular weight excluding hydrogens is 184 g/mol. The van der Waals surface area contributed by atoms with E-state index in [0.29, 0.717) is 0 Å². The van der Waals surface area contributed by atoms with Crippen LogP contribution in [0.2, 0.25) is 0 Å². The molecule has 2 nitrogen and oxygen atoms in total. The first-order valence-electron chi connectivity index (χ1n) is 6.72. The van der Waals surface area contributed by atoms with Gasteiger partial charge in [-0.3, -0.25) is 0 Å². The van der Waals surface area contributed by atoms with E-state index in [2.05, 4.69) is 24.2 Å². The Morgan fingerprint density at radius 3 is 2.53 bits per heavy atom. The van der Waals surface area contributed by atoms with Gasteiger partial charge in [-0.2, -0.15) is 0 Å². The number of hydrogen-bond donors (Lipinski definition) is 1. The predicted octanol–water partition coefficient (Wildman–Crippen LogP) is 2.11. The summed E-state index contributed by atoms with van der Waals surface area (Å²) in [6.45, 7) is 6.03. The molecule has 0 heterocycles. The fraction of sp³-hybridized carbons (Fsp3) is 1.00. The molecule has 1 N–H and O–H groups in total. The second-order valence-electron chi connectivity index (χ2n) is 5.49. The van der Waals surface area contributed by atoms with E-state index in [1.807, 2.05) is 0 Å². The van der Waals surface area contributed by atoms with Crippen LogP contribution in [0.3, 0.4) is 0 Å². The Morgan fingerprint density at radius 1 is 1.20 bits per heavy atom. The Bertz CT molecular complexity index is 189. The topological polar surface area (TPSA) is 15.3 Å². The zero-order valence-electron chi connectivity index (χ0n) is 10.3. The monoisotopic (exact) mass is 210 g/mol. The van der Waals surface area contributed by atoms with Gasteiger partial charge < -0.3 is 10.2 Å². The molecule has 0 aromatic rings. The lowest BCUT2D eigenvalue weighted by molar-refractivity contribution is 0.0802. The fourth-order valence-electron chi connectivity index (χ4n) is 2.68. The smallest absolute Gasteiger partial charge is 0.0133 e. The van der Waals surface area contributed by atoms with Crippen molar-refractivity contribution in [2.75, 3.05) is 26.7 Å². The molecule has 0 saturated heterocycles. The molecule has 2 rings (SSSR count). The normalized spacial score (nSPS) is 30.6. The van der Waals surface area contributed by atoms with E-state index in [9.17, 15) is 0 Å². The molecule has 2 saturated carbocycles. The summed E-state index contributed by atoms with van der Waals surface area (Å²) < 4.78 is 0. The maximum absolute atomic E-state index is 3.56. The summed E-state index contributed by atoms with van der Waals surface area (Å²) in [7, 11) is 2.33. The minimum absolute atomic E-state index is 0.884. The molecule has 0 aliphatic heterocycles. The van der Waals surface area contributed by atoms with Gasteiger partial charge in [-0.25, -0.2) is 0 Å². The average molecular weight is 210 g/mol. The Kier molecular flexibility index (Phi) is 4.04. The molecule has 0 amide bonds. The maximum atomic E-state index is 3.56. The molecule has 2 heteroatoms. The lowest BCUT2D eigenvalue weighted by atomic mass is 9.78. The highest BCUT2D eigenvalue weighted by molar-refractivity contribution is 4.90. The summed E-state index contributed by atoms with van der Waals surface area (Å²) >= 11 is 0. The van der Waals surface area contributed by atoms with Gasteiger partial charge >= 0.3 is 0 Å². The number of nitrogens with zero attached hydrogens (tertiary/aromatic N) is 1. The highest BCUT2D eigenvalue weighted by atomic mass is 15.2. The molecule has 2 atom stereocenters. The van der Waals surface area contributed by atoms with Crippen LogP contribution in [0, 0.1) is 11.8 Å². The summed E-state index contributed by atoms with van der Waals surface area (Å²) in [6, 6.07) is 0.884. The van der Waals surface area contributed by atoms with Crippen molar-refractivity contribution in [1.29, 1.82) is 0 Å². The van der Waals surface area contributed by atoms with E-state index in [4.69, 9.17) is 0 Å². The molecular formula is C13H26N2. The van der Waals surface area contributed by atoms with Crippen LogP contribution in [-0.2, 0) is 0 Å². The molecule has 2 fully saturated rings. The Balaban J connectivity index is 1.63. The van der Waals surface area contributed by atoms with Crippen molar-refractivity contribution >= 4 is 0 Å². The van der Waals surface area contributed by atoms with E-state index >= 15 is 0 Å². The molecule has 0 spiro atoms. The number of rotatable bonds is 7. The third kappa shape index (κ3) is 3.18. The van der Waals surface area contributed by atoms with Crippen molar-refractivity contribution in [3.8, 4) is 0 Å². The van der Waals surface area contributed by atoms with E-state index in [1.165, 1.54) is 51.7 Å². The van der Waals surface area contributed by atoms with Gasteiger partial charge in [0, 0.05) is 12.6 Å². The Morgan fingerprint density at radius 2 is 2.00 bits per heavy atom. The van der Waals surface area contributed by atoms with Gasteiger partial charge in [0.2, 0.25) is 0 Å². The van der Waals surface area contributed by atoms with E-state index in [0.717, 1.165) is 17.9 Å². The first-order chi connectivity index (χ1) is 7.31. The second kappa shape index (κ2) is 5.31. The van der Waals surface area contributed by atoms with Crippen molar-refractivity contribution in [2.45, 2.75) is 45.1 Å². The summed E-state index contributed by atoms with van der Waals surface area (Å²) in [5, 5.41) is 3.56. The van der Waals surface area contributed by atoms with Crippen molar-refractivity contribution < 1.29 is 0 Å². The zero-order chi connectivity index (χ0) is 10.7. The van der Waals surface area contributed by atoms with Crippen LogP contribution in [0.4, 0.5) is 0 Å². The van der Waals surface area contributed by atoms with Crippen LogP contribution in [-0.4, -0.2) is 37.6 Å². The standard InChI is InChI=1S/C13H26N2/c1-3-8-14-9-12-6-7-13(12)15(2)10-11-4-5-11/h11-14H,3-10H2,1-2H3. The molecule has 0 aromatic carbocycles. The van der Waals surface area contributed by atoms with Gasteiger partial charge in [-0.1, -0.05) is 6.92 Å². The zero-order valence-corrected chi connectivity index (χ0v) is 10.3. The van der Waals surface area contributed by atoms with Crippen molar-refractivity contribution in [1.82, 2.24) is 10.2 Å². The van der Waals surface area contributed by atoms with Gasteiger partial charge in [-0.05, 0) is 64.1 Å². The fourth-order valence-corrected chi connectivity index (χ4v) is 2.68. The van der Waals surface area contributed by atoms with Gasteiger partial charge in [0.05, 0.1) is 0 Å². The van der Waals surface area contributed by atoms with E-state index in [-0.39, 0.29) is 0 Å². The molecule has 2 aliphatic carbocycles. The van der Waals surface area contributed by atoms with Crippen LogP contribution in [0.5, 0.6) is 0 Å². The van der Waals surface area contributed by atoms with Crippen LogP contribution in [0.15, 0.2) is 0 Å². The first kappa shape index (κ1) is 11.4. The minimum atomic E-state index is 0.884. The van der Waals surface area contributed by atoms with E-state index in [1.54, 1.807) is 0 Å². The number of nitrogens with one attached hydrogen (secondary N) is 1. The highest BCUT2D eigenvalue weighted by Crippen LogP contribution is 2.35. The summed E-state index contributed by atoms with van der Waals surface area (Å²) in [5.74, 6) is 1.97. The summed E-state index contributed by atoms with van der Waals surface area (Å²) in [6.07, 6.45) is 7.10. The molecule has 0 radical (unpaired) electrons. The SMILES string of the molecule is CCCNCC1CCC1N(C)CC1CC1. The quantitative estimate of drug-likeness (QED) is 0.647. The Labute approximate surface area is 94.4 Å². The summed E-state index contributed by atoms with van der Waals surface area (Å²) in [4.78, 5) is 2.62. The van der Waals surface area contributed by atoms with Crippen molar-refractivity contribution in [3.05, 3.63) is 0 Å². The van der Waals surface area contributed by atoms with Crippen molar-refractivity contribution in [2.24, 2.45) is 11.8 Å². The van der Waals surface area contributed by atoms with Gasteiger partial charge in [0.25, 0.3) is 0 Å². The van der Waals surface area contributed by atoms with Gasteiger partial charge in [0.1, 0.15) is 0 Å². The van der Waals surface area contributed by atoms with Crippen LogP contribution >= 0.6 is 0 Å². The number of hydrogen-bond acceptors (Lipinski definition) is 2. The van der Waals surface area contributed by atoms with Crippen molar-refractivity contribution in [3.63, 3.8) is 0 Å². The molecule has 2 aliphatic rings. The molecule has 2 unspecified atom stereocenters. The lowest BCUT2D eigenvalue weighted by Crippen LogP contribution is -2.49. The third-order valence-corrected chi connectivity index (χ3v) is 4.02. The summed E-state index contributed by atoms with van der Waals surface area (Å²) in [5.41, 5.74) is 0. The predicted molar refractivity (Wildman–Crippen MR) is 65.0 cm³/mol. The molecule has 0 bridgehead atoms. The average Bonchev–Trinajstić information content (AvgIpc) is 2.94. The first-order valence-corrected chi connectivity index (χ1v) is 6.72. The van der Waals surface area contributed by atoms with Gasteiger partial charge in [-0.15, -0.1) is 0 Å². The largest absolute Gasteiger partial charge is 0.316 e. The lowest BCUT2D eigenvalue weighted by Gasteiger charge is -2.43. The van der Waals surface area contributed by atoms with Crippen LogP contribution in [0.25, 0.3) is 0 Å². The second-order valence-corrected chi connectivity index (χ2v) is 5.49. The van der Waals surface area contributed by atoms with Crippen LogP contribution < -0.4 is 5.32 Å². The molecule has 88 valence electrons.